The molecule has 0 saturated heterocycles. The summed E-state index contributed by atoms with van der Waals surface area (Å²) in [5.74, 6) is 1.80. The van der Waals surface area contributed by atoms with Gasteiger partial charge in [0, 0.05) is 18.6 Å². The van der Waals surface area contributed by atoms with E-state index in [-0.39, 0.29) is 17.8 Å². The lowest BCUT2D eigenvalue weighted by molar-refractivity contribution is -0.115. The lowest BCUT2D eigenvalue weighted by Gasteiger charge is -2.11. The van der Waals surface area contributed by atoms with Crippen molar-refractivity contribution in [2.24, 2.45) is 7.05 Å². The molecule has 2 aromatic heterocycles. The molecule has 0 fully saturated rings. The Hall–Kier alpha value is -2.59. The van der Waals surface area contributed by atoms with Crippen molar-refractivity contribution in [3.63, 3.8) is 0 Å². The van der Waals surface area contributed by atoms with Crippen LogP contribution < -0.4 is 14.8 Å². The number of benzene rings is 1. The Labute approximate surface area is 164 Å². The molecule has 0 aliphatic carbocycles. The largest absolute Gasteiger partial charge is 0.493 e. The number of aromatic nitrogens is 4. The van der Waals surface area contributed by atoms with Crippen molar-refractivity contribution in [3.05, 3.63) is 41.7 Å². The van der Waals surface area contributed by atoms with Gasteiger partial charge in [-0.15, -0.1) is 21.5 Å². The van der Waals surface area contributed by atoms with Gasteiger partial charge in [0.15, 0.2) is 27.6 Å². The lowest BCUT2D eigenvalue weighted by Crippen LogP contribution is -2.22. The van der Waals surface area contributed by atoms with Crippen molar-refractivity contribution in [1.82, 2.24) is 19.7 Å². The van der Waals surface area contributed by atoms with Gasteiger partial charge in [0.05, 0.1) is 12.4 Å². The average molecular weight is 406 g/mol. The van der Waals surface area contributed by atoms with Crippen molar-refractivity contribution < 1.29 is 14.3 Å². The molecule has 1 amide bonds. The summed E-state index contributed by atoms with van der Waals surface area (Å²) in [6.07, 6.45) is 1.65. The molecular formula is C17H19N5O3S2. The number of thioether (sulfide) groups is 1. The number of anilines is 1. The topological polar surface area (TPSA) is 91.2 Å². The van der Waals surface area contributed by atoms with Crippen LogP contribution in [0.4, 0.5) is 5.13 Å². The Morgan fingerprint density at radius 2 is 2.11 bits per heavy atom. The van der Waals surface area contributed by atoms with Gasteiger partial charge in [-0.3, -0.25) is 4.79 Å². The number of rotatable bonds is 8. The van der Waals surface area contributed by atoms with E-state index in [2.05, 4.69) is 20.5 Å². The van der Waals surface area contributed by atoms with Crippen LogP contribution in [0, 0.1) is 0 Å². The maximum atomic E-state index is 12.3. The van der Waals surface area contributed by atoms with Crippen LogP contribution in [0.3, 0.4) is 0 Å². The minimum atomic E-state index is -0.347. The molecule has 142 valence electrons. The molecule has 1 N–H and O–H groups in total. The molecule has 0 saturated carbocycles. The molecule has 0 radical (unpaired) electrons. The quantitative estimate of drug-likeness (QED) is 0.576. The second-order valence-electron chi connectivity index (χ2n) is 5.48. The first-order valence-corrected chi connectivity index (χ1v) is 9.85. The first-order chi connectivity index (χ1) is 13.1. The van der Waals surface area contributed by atoms with Gasteiger partial charge in [-0.2, -0.15) is 0 Å². The molecule has 3 aromatic rings. The normalized spacial score (nSPS) is 11.8. The Bertz CT molecular complexity index is 898. The lowest BCUT2D eigenvalue weighted by atomic mass is 10.3. The highest BCUT2D eigenvalue weighted by atomic mass is 32.2. The van der Waals surface area contributed by atoms with Crippen molar-refractivity contribution in [1.29, 1.82) is 0 Å². The fourth-order valence-electron chi connectivity index (χ4n) is 2.16. The van der Waals surface area contributed by atoms with E-state index < -0.39 is 0 Å². The van der Waals surface area contributed by atoms with E-state index >= 15 is 0 Å². The second-order valence-corrected chi connectivity index (χ2v) is 7.69. The Morgan fingerprint density at radius 1 is 1.33 bits per heavy atom. The molecule has 0 spiro atoms. The fraction of sp³-hybridized carbons (Fsp3) is 0.294. The third kappa shape index (κ3) is 4.77. The Kier molecular flexibility index (Phi) is 6.30. The summed E-state index contributed by atoms with van der Waals surface area (Å²) in [6.45, 7) is 2.05. The molecule has 0 unspecified atom stereocenters. The third-order valence-corrected chi connectivity index (χ3v) is 5.49. The van der Waals surface area contributed by atoms with Crippen LogP contribution >= 0.6 is 23.1 Å². The summed E-state index contributed by atoms with van der Waals surface area (Å²) in [7, 11) is 3.44. The predicted molar refractivity (Wildman–Crippen MR) is 104 cm³/mol. The smallest absolute Gasteiger partial charge is 0.239 e. The third-order valence-electron chi connectivity index (χ3n) is 3.66. The van der Waals surface area contributed by atoms with Crippen LogP contribution in [0.1, 0.15) is 12.7 Å². The highest BCUT2D eigenvalue weighted by Crippen LogP contribution is 2.27. The van der Waals surface area contributed by atoms with Gasteiger partial charge in [-0.25, -0.2) is 4.98 Å². The number of amides is 1. The number of ether oxygens (including phenoxy) is 2. The van der Waals surface area contributed by atoms with Gasteiger partial charge in [0.2, 0.25) is 5.91 Å². The number of para-hydroxylation sites is 2. The van der Waals surface area contributed by atoms with Crippen molar-refractivity contribution >= 4 is 34.1 Å². The summed E-state index contributed by atoms with van der Waals surface area (Å²) >= 11 is 2.70. The minimum absolute atomic E-state index is 0.134. The van der Waals surface area contributed by atoms with Crippen LogP contribution in [0.5, 0.6) is 11.5 Å². The Balaban J connectivity index is 1.60. The first kappa shape index (κ1) is 19.2. The van der Waals surface area contributed by atoms with Crippen LogP contribution in [0.25, 0.3) is 0 Å². The number of hydrogen-bond acceptors (Lipinski definition) is 8. The van der Waals surface area contributed by atoms with E-state index in [4.69, 9.17) is 9.47 Å². The van der Waals surface area contributed by atoms with Crippen LogP contribution in [-0.4, -0.2) is 38.0 Å². The van der Waals surface area contributed by atoms with Gasteiger partial charge in [0.1, 0.15) is 6.61 Å². The van der Waals surface area contributed by atoms with Crippen molar-refractivity contribution in [3.8, 4) is 11.5 Å². The molecule has 27 heavy (non-hydrogen) atoms. The zero-order chi connectivity index (χ0) is 19.2. The number of carbonyl (C=O) groups excluding carboxylic acids is 1. The zero-order valence-corrected chi connectivity index (χ0v) is 16.7. The number of methoxy groups -OCH3 is 1. The number of nitrogens with one attached hydrogen (secondary N) is 1. The van der Waals surface area contributed by atoms with E-state index in [0.717, 1.165) is 0 Å². The monoisotopic (exact) mass is 405 g/mol. The van der Waals surface area contributed by atoms with Gasteiger partial charge in [-0.05, 0) is 19.1 Å². The highest BCUT2D eigenvalue weighted by Gasteiger charge is 2.20. The number of nitrogens with zero attached hydrogens (tertiary/aromatic N) is 4. The number of hydrogen-bond donors (Lipinski definition) is 1. The van der Waals surface area contributed by atoms with Crippen LogP contribution in [0.2, 0.25) is 0 Å². The predicted octanol–water partition coefficient (Wildman–Crippen LogP) is 2.98. The minimum Gasteiger partial charge on any atom is -0.493 e. The molecule has 0 aliphatic heterocycles. The van der Waals surface area contributed by atoms with E-state index in [9.17, 15) is 4.79 Å². The molecule has 1 atom stereocenters. The Morgan fingerprint density at radius 3 is 2.81 bits per heavy atom. The summed E-state index contributed by atoms with van der Waals surface area (Å²) in [4.78, 5) is 16.3. The maximum absolute atomic E-state index is 12.3. The maximum Gasteiger partial charge on any atom is 0.239 e. The van der Waals surface area contributed by atoms with E-state index in [1.165, 1.54) is 23.1 Å². The zero-order valence-electron chi connectivity index (χ0n) is 15.1. The van der Waals surface area contributed by atoms with E-state index in [1.54, 1.807) is 13.3 Å². The molecule has 3 rings (SSSR count). The summed E-state index contributed by atoms with van der Waals surface area (Å²) < 4.78 is 12.9. The highest BCUT2D eigenvalue weighted by molar-refractivity contribution is 8.00. The van der Waals surface area contributed by atoms with E-state index in [0.29, 0.717) is 27.6 Å². The van der Waals surface area contributed by atoms with Crippen molar-refractivity contribution in [2.45, 2.75) is 23.9 Å². The van der Waals surface area contributed by atoms with Gasteiger partial charge >= 0.3 is 0 Å². The fourth-order valence-corrected chi connectivity index (χ4v) is 3.52. The molecule has 10 heteroatoms. The van der Waals surface area contributed by atoms with Gasteiger partial charge in [0.25, 0.3) is 0 Å². The number of thiazole rings is 1. The van der Waals surface area contributed by atoms with Crippen molar-refractivity contribution in [2.75, 3.05) is 12.4 Å². The summed E-state index contributed by atoms with van der Waals surface area (Å²) in [6, 6.07) is 7.41. The summed E-state index contributed by atoms with van der Waals surface area (Å²) in [5.41, 5.74) is 0. The van der Waals surface area contributed by atoms with Gasteiger partial charge in [-0.1, -0.05) is 23.9 Å². The standard InChI is InChI=1S/C17H19N5O3S2/c1-11(15(23)19-16-18-8-9-26-16)27-17-21-20-14(22(17)2)10-25-13-7-5-4-6-12(13)24-3/h4-9,11H,10H2,1-3H3,(H,18,19,23)/t11-/m0/s1. The first-order valence-electron chi connectivity index (χ1n) is 8.09. The summed E-state index contributed by atoms with van der Waals surface area (Å²) in [5, 5.41) is 13.8. The SMILES string of the molecule is COc1ccccc1OCc1nnc(S[C@@H](C)C(=O)Nc2nccs2)n1C. The van der Waals surface area contributed by atoms with Crippen LogP contribution in [-0.2, 0) is 18.4 Å². The van der Waals surface area contributed by atoms with Crippen LogP contribution in [0.15, 0.2) is 41.0 Å². The molecular weight excluding hydrogens is 386 g/mol. The molecule has 8 nitrogen and oxygen atoms in total. The molecule has 2 heterocycles. The molecule has 0 aliphatic rings. The molecule has 0 bridgehead atoms. The number of carbonyl (C=O) groups is 1. The molecule has 1 aromatic carbocycles. The second kappa shape index (κ2) is 8.87. The van der Waals surface area contributed by atoms with E-state index in [1.807, 2.05) is 48.2 Å². The van der Waals surface area contributed by atoms with Gasteiger partial charge < -0.3 is 19.4 Å². The average Bonchev–Trinajstić information content (AvgIpc) is 3.31.